The van der Waals surface area contributed by atoms with E-state index in [1.54, 1.807) is 0 Å². The Morgan fingerprint density at radius 1 is 1.16 bits per heavy atom. The Morgan fingerprint density at radius 2 is 1.84 bits per heavy atom. The standard InChI is InChI=1S/C15H16F2N2/c1-10-4-3-5-14(19-10)15(18-2)8-11-6-12(16)9-13(17)7-11/h3-7,9,15,18H,8H2,1-2H3. The minimum atomic E-state index is -0.554. The van der Waals surface area contributed by atoms with Crippen LogP contribution in [0.1, 0.15) is 23.0 Å². The molecule has 0 saturated heterocycles. The number of aromatic nitrogens is 1. The van der Waals surface area contributed by atoms with Gasteiger partial charge in [0.05, 0.1) is 11.7 Å². The van der Waals surface area contributed by atoms with Gasteiger partial charge in [0.15, 0.2) is 0 Å². The van der Waals surface area contributed by atoms with E-state index in [2.05, 4.69) is 10.3 Å². The van der Waals surface area contributed by atoms with Crippen LogP contribution in [0.3, 0.4) is 0 Å². The number of halogens is 2. The average Bonchev–Trinajstić information content (AvgIpc) is 2.34. The first-order valence-electron chi connectivity index (χ1n) is 6.14. The molecule has 0 aliphatic heterocycles. The molecule has 0 spiro atoms. The predicted molar refractivity (Wildman–Crippen MR) is 70.8 cm³/mol. The van der Waals surface area contributed by atoms with Gasteiger partial charge in [-0.15, -0.1) is 0 Å². The Balaban J connectivity index is 2.23. The molecule has 1 aromatic heterocycles. The summed E-state index contributed by atoms with van der Waals surface area (Å²) in [5.41, 5.74) is 2.40. The zero-order chi connectivity index (χ0) is 13.8. The summed E-state index contributed by atoms with van der Waals surface area (Å²) in [5.74, 6) is -1.11. The third kappa shape index (κ3) is 3.58. The van der Waals surface area contributed by atoms with Crippen LogP contribution in [-0.4, -0.2) is 12.0 Å². The molecule has 0 fully saturated rings. The topological polar surface area (TPSA) is 24.9 Å². The molecule has 0 radical (unpaired) electrons. The lowest BCUT2D eigenvalue weighted by Crippen LogP contribution is -2.20. The van der Waals surface area contributed by atoms with Crippen LogP contribution in [0.2, 0.25) is 0 Å². The molecule has 2 nitrogen and oxygen atoms in total. The molecule has 0 aliphatic rings. The summed E-state index contributed by atoms with van der Waals surface area (Å²) < 4.78 is 26.3. The van der Waals surface area contributed by atoms with E-state index in [1.807, 2.05) is 32.2 Å². The summed E-state index contributed by atoms with van der Waals surface area (Å²) >= 11 is 0. The van der Waals surface area contributed by atoms with Gasteiger partial charge in [-0.25, -0.2) is 8.78 Å². The fourth-order valence-corrected chi connectivity index (χ4v) is 2.08. The van der Waals surface area contributed by atoms with E-state index in [4.69, 9.17) is 0 Å². The summed E-state index contributed by atoms with van der Waals surface area (Å²) in [7, 11) is 1.81. The van der Waals surface area contributed by atoms with Gasteiger partial charge in [-0.1, -0.05) is 6.07 Å². The van der Waals surface area contributed by atoms with Crippen LogP contribution in [0, 0.1) is 18.6 Å². The number of hydrogen-bond acceptors (Lipinski definition) is 2. The fourth-order valence-electron chi connectivity index (χ4n) is 2.08. The lowest BCUT2D eigenvalue weighted by molar-refractivity contribution is 0.554. The van der Waals surface area contributed by atoms with Crippen molar-refractivity contribution in [3.63, 3.8) is 0 Å². The van der Waals surface area contributed by atoms with Gasteiger partial charge >= 0.3 is 0 Å². The first kappa shape index (κ1) is 13.6. The molecular weight excluding hydrogens is 246 g/mol. The van der Waals surface area contributed by atoms with E-state index in [0.717, 1.165) is 17.5 Å². The first-order chi connectivity index (χ1) is 9.08. The van der Waals surface area contributed by atoms with Crippen LogP contribution in [0.15, 0.2) is 36.4 Å². The lowest BCUT2D eigenvalue weighted by atomic mass is 10.0. The van der Waals surface area contributed by atoms with E-state index >= 15 is 0 Å². The molecule has 0 bridgehead atoms. The van der Waals surface area contributed by atoms with E-state index in [0.29, 0.717) is 12.0 Å². The minimum Gasteiger partial charge on any atom is -0.311 e. The summed E-state index contributed by atoms with van der Waals surface area (Å²) in [6.07, 6.45) is 0.488. The van der Waals surface area contributed by atoms with Gasteiger partial charge in [-0.3, -0.25) is 4.98 Å². The third-order valence-electron chi connectivity index (χ3n) is 2.98. The number of benzene rings is 1. The number of rotatable bonds is 4. The molecule has 0 aliphatic carbocycles. The molecule has 0 amide bonds. The number of nitrogens with zero attached hydrogens (tertiary/aromatic N) is 1. The molecule has 100 valence electrons. The summed E-state index contributed by atoms with van der Waals surface area (Å²) in [6, 6.07) is 9.26. The molecule has 2 aromatic rings. The number of aryl methyl sites for hydroxylation is 1. The van der Waals surface area contributed by atoms with Gasteiger partial charge in [-0.05, 0) is 50.2 Å². The lowest BCUT2D eigenvalue weighted by Gasteiger charge is -2.16. The molecule has 1 unspecified atom stereocenters. The maximum Gasteiger partial charge on any atom is 0.126 e. The number of nitrogens with one attached hydrogen (secondary N) is 1. The van der Waals surface area contributed by atoms with Gasteiger partial charge in [0, 0.05) is 11.8 Å². The third-order valence-corrected chi connectivity index (χ3v) is 2.98. The summed E-state index contributed by atoms with van der Waals surface area (Å²) in [4.78, 5) is 4.44. The average molecular weight is 262 g/mol. The van der Waals surface area contributed by atoms with Gasteiger partial charge in [0.25, 0.3) is 0 Å². The quantitative estimate of drug-likeness (QED) is 0.915. The smallest absolute Gasteiger partial charge is 0.126 e. The van der Waals surface area contributed by atoms with Gasteiger partial charge in [-0.2, -0.15) is 0 Å². The highest BCUT2D eigenvalue weighted by molar-refractivity contribution is 5.22. The molecule has 4 heteroatoms. The molecule has 1 aromatic carbocycles. The van der Waals surface area contributed by atoms with E-state index < -0.39 is 11.6 Å². The largest absolute Gasteiger partial charge is 0.311 e. The number of likely N-dealkylation sites (N-methyl/N-ethyl adjacent to an activating group) is 1. The van der Waals surface area contributed by atoms with Crippen molar-refractivity contribution in [1.29, 1.82) is 0 Å². The van der Waals surface area contributed by atoms with Gasteiger partial charge < -0.3 is 5.32 Å². The predicted octanol–water partition coefficient (Wildman–Crippen LogP) is 3.17. The maximum absolute atomic E-state index is 13.2. The Bertz CT molecular complexity index is 550. The molecule has 19 heavy (non-hydrogen) atoms. The van der Waals surface area contributed by atoms with Gasteiger partial charge in [0.1, 0.15) is 11.6 Å². The van der Waals surface area contributed by atoms with Crippen molar-refractivity contribution < 1.29 is 8.78 Å². The normalized spacial score (nSPS) is 12.4. The van der Waals surface area contributed by atoms with Crippen molar-refractivity contribution in [1.82, 2.24) is 10.3 Å². The Hall–Kier alpha value is -1.81. The zero-order valence-corrected chi connectivity index (χ0v) is 11.0. The van der Waals surface area contributed by atoms with Crippen LogP contribution in [-0.2, 0) is 6.42 Å². The van der Waals surface area contributed by atoms with Crippen LogP contribution in [0.4, 0.5) is 8.78 Å². The second-order valence-corrected chi connectivity index (χ2v) is 4.53. The molecule has 1 heterocycles. The SMILES string of the molecule is CNC(Cc1cc(F)cc(F)c1)c1cccc(C)n1. The van der Waals surface area contributed by atoms with Crippen LogP contribution < -0.4 is 5.32 Å². The molecule has 0 saturated carbocycles. The Labute approximate surface area is 111 Å². The second kappa shape index (κ2) is 5.89. The fraction of sp³-hybridized carbons (Fsp3) is 0.267. The van der Waals surface area contributed by atoms with E-state index in [1.165, 1.54) is 12.1 Å². The van der Waals surface area contributed by atoms with Crippen LogP contribution >= 0.6 is 0 Å². The Morgan fingerprint density at radius 3 is 2.42 bits per heavy atom. The highest BCUT2D eigenvalue weighted by atomic mass is 19.1. The Kier molecular flexibility index (Phi) is 4.22. The summed E-state index contributed by atoms with van der Waals surface area (Å²) in [6.45, 7) is 1.91. The summed E-state index contributed by atoms with van der Waals surface area (Å²) in [5, 5.41) is 3.13. The highest BCUT2D eigenvalue weighted by Gasteiger charge is 2.13. The molecule has 2 rings (SSSR count). The monoisotopic (exact) mass is 262 g/mol. The zero-order valence-electron chi connectivity index (χ0n) is 11.0. The molecular formula is C15H16F2N2. The van der Waals surface area contributed by atoms with Crippen molar-refractivity contribution in [2.45, 2.75) is 19.4 Å². The minimum absolute atomic E-state index is 0.0684. The molecule has 1 atom stereocenters. The highest BCUT2D eigenvalue weighted by Crippen LogP contribution is 2.18. The van der Waals surface area contributed by atoms with Crippen LogP contribution in [0.5, 0.6) is 0 Å². The van der Waals surface area contributed by atoms with E-state index in [9.17, 15) is 8.78 Å². The van der Waals surface area contributed by atoms with Crippen molar-refractivity contribution in [2.75, 3.05) is 7.05 Å². The van der Waals surface area contributed by atoms with Crippen molar-refractivity contribution >= 4 is 0 Å². The molecule has 1 N–H and O–H groups in total. The van der Waals surface area contributed by atoms with Crippen molar-refractivity contribution in [3.05, 3.63) is 65.0 Å². The second-order valence-electron chi connectivity index (χ2n) is 4.53. The van der Waals surface area contributed by atoms with Crippen molar-refractivity contribution in [3.8, 4) is 0 Å². The van der Waals surface area contributed by atoms with Crippen LogP contribution in [0.25, 0.3) is 0 Å². The number of hydrogen-bond donors (Lipinski definition) is 1. The number of pyridine rings is 1. The van der Waals surface area contributed by atoms with E-state index in [-0.39, 0.29) is 6.04 Å². The first-order valence-corrected chi connectivity index (χ1v) is 6.14. The van der Waals surface area contributed by atoms with Crippen molar-refractivity contribution in [2.24, 2.45) is 0 Å². The van der Waals surface area contributed by atoms with Gasteiger partial charge in [0.2, 0.25) is 0 Å². The maximum atomic E-state index is 13.2.